The molecule has 0 atom stereocenters. The number of carbonyl (C=O) groups excluding carboxylic acids is 2. The van der Waals surface area contributed by atoms with Crippen LogP contribution in [0.1, 0.15) is 12.6 Å². The summed E-state index contributed by atoms with van der Waals surface area (Å²) in [5, 5.41) is 5.66. The van der Waals surface area contributed by atoms with Gasteiger partial charge >= 0.3 is 0 Å². The van der Waals surface area contributed by atoms with Crippen molar-refractivity contribution in [2.75, 3.05) is 4.90 Å². The predicted octanol–water partition coefficient (Wildman–Crippen LogP) is 4.72. The molecule has 1 aromatic heterocycles. The first-order valence-corrected chi connectivity index (χ1v) is 10.5. The fraction of sp³-hybridized carbons (Fsp3) is 0.0476. The van der Waals surface area contributed by atoms with Crippen molar-refractivity contribution >= 4 is 62.7 Å². The molecule has 4 rings (SSSR count). The topological polar surface area (TPSA) is 74.7 Å². The Morgan fingerprint density at radius 3 is 2.48 bits per heavy atom. The second-order valence-corrected chi connectivity index (χ2v) is 7.93. The number of para-hydroxylation sites is 2. The number of carbonyl (C=O) groups is 2. The second-order valence-electron chi connectivity index (χ2n) is 6.06. The van der Waals surface area contributed by atoms with E-state index in [1.165, 1.54) is 30.0 Å². The van der Waals surface area contributed by atoms with Crippen molar-refractivity contribution in [3.05, 3.63) is 76.6 Å². The highest BCUT2D eigenvalue weighted by Crippen LogP contribution is 2.32. The summed E-state index contributed by atoms with van der Waals surface area (Å²) in [6, 6.07) is 18.8. The van der Waals surface area contributed by atoms with Gasteiger partial charge in [-0.1, -0.05) is 36.4 Å². The lowest BCUT2D eigenvalue weighted by Gasteiger charge is -2.17. The summed E-state index contributed by atoms with van der Waals surface area (Å²) in [6.07, 6.45) is 1.71. The van der Waals surface area contributed by atoms with E-state index in [9.17, 15) is 9.59 Å². The Labute approximate surface area is 176 Å². The number of nitrogens with one attached hydrogen (secondary N) is 1. The number of amidine groups is 1. The number of rotatable bonds is 4. The third-order valence-corrected chi connectivity index (χ3v) is 5.70. The van der Waals surface area contributed by atoms with Gasteiger partial charge in [-0.25, -0.2) is 9.98 Å². The van der Waals surface area contributed by atoms with Gasteiger partial charge < -0.3 is 5.32 Å². The van der Waals surface area contributed by atoms with Crippen molar-refractivity contribution in [2.45, 2.75) is 6.92 Å². The van der Waals surface area contributed by atoms with Crippen LogP contribution >= 0.6 is 23.1 Å². The van der Waals surface area contributed by atoms with Crippen LogP contribution in [0.4, 0.5) is 16.5 Å². The van der Waals surface area contributed by atoms with Crippen molar-refractivity contribution in [3.8, 4) is 0 Å². The SMILES string of the molecule is CC(=O)N(c1ccccc1)c1nc(/C=C2\SC(=Nc3ccccc3)NC2=O)cs1. The minimum Gasteiger partial charge on any atom is -0.300 e. The van der Waals surface area contributed by atoms with Crippen molar-refractivity contribution in [1.82, 2.24) is 10.3 Å². The number of hydrogen-bond donors (Lipinski definition) is 1. The molecule has 0 unspecified atom stereocenters. The van der Waals surface area contributed by atoms with Gasteiger partial charge in [0.2, 0.25) is 5.91 Å². The summed E-state index contributed by atoms with van der Waals surface area (Å²) >= 11 is 2.61. The number of aromatic nitrogens is 1. The van der Waals surface area contributed by atoms with Crippen molar-refractivity contribution < 1.29 is 9.59 Å². The predicted molar refractivity (Wildman–Crippen MR) is 119 cm³/mol. The van der Waals surface area contributed by atoms with Crippen LogP contribution in [0.5, 0.6) is 0 Å². The molecule has 1 aliphatic rings. The molecule has 8 heteroatoms. The fourth-order valence-electron chi connectivity index (χ4n) is 2.68. The number of thiazole rings is 1. The number of thioether (sulfide) groups is 1. The average Bonchev–Trinajstić information content (AvgIpc) is 3.30. The van der Waals surface area contributed by atoms with Crippen LogP contribution in [-0.2, 0) is 9.59 Å². The molecule has 1 aliphatic heterocycles. The highest BCUT2D eigenvalue weighted by atomic mass is 32.2. The Morgan fingerprint density at radius 1 is 1.10 bits per heavy atom. The van der Waals surface area contributed by atoms with Crippen LogP contribution < -0.4 is 10.2 Å². The van der Waals surface area contributed by atoms with Crippen LogP contribution in [0.2, 0.25) is 0 Å². The number of aliphatic imine (C=N–C) groups is 1. The average molecular weight is 421 g/mol. The van der Waals surface area contributed by atoms with Gasteiger partial charge in [0, 0.05) is 12.3 Å². The van der Waals surface area contributed by atoms with Gasteiger partial charge in [0.25, 0.3) is 5.91 Å². The van der Waals surface area contributed by atoms with Gasteiger partial charge in [0.15, 0.2) is 10.3 Å². The third kappa shape index (κ3) is 4.44. The van der Waals surface area contributed by atoms with Gasteiger partial charge in [-0.05, 0) is 42.1 Å². The van der Waals surface area contributed by atoms with Gasteiger partial charge in [-0.2, -0.15) is 0 Å². The maximum absolute atomic E-state index is 12.3. The van der Waals surface area contributed by atoms with Crippen LogP contribution in [0.15, 0.2) is 75.9 Å². The zero-order valence-electron chi connectivity index (χ0n) is 15.4. The summed E-state index contributed by atoms with van der Waals surface area (Å²) in [7, 11) is 0. The molecule has 0 bridgehead atoms. The molecule has 2 amide bonds. The number of nitrogens with zero attached hydrogens (tertiary/aromatic N) is 3. The van der Waals surface area contributed by atoms with E-state index in [1.54, 1.807) is 11.0 Å². The number of hydrogen-bond acceptors (Lipinski definition) is 6. The first-order valence-electron chi connectivity index (χ1n) is 8.76. The molecule has 1 fully saturated rings. The van der Waals surface area contributed by atoms with E-state index in [2.05, 4.69) is 15.3 Å². The minimum absolute atomic E-state index is 0.130. The Morgan fingerprint density at radius 2 is 1.79 bits per heavy atom. The maximum Gasteiger partial charge on any atom is 0.264 e. The standard InChI is InChI=1S/C21H16N4O2S2/c1-14(26)25(17-10-6-3-7-11-17)21-23-16(13-28-21)12-18-19(27)24-20(29-18)22-15-8-4-2-5-9-15/h2-13H,1H3,(H,22,24,27)/b18-12-. The lowest BCUT2D eigenvalue weighted by Crippen LogP contribution is -2.22. The van der Waals surface area contributed by atoms with E-state index >= 15 is 0 Å². The van der Waals surface area contributed by atoms with Crippen molar-refractivity contribution in [3.63, 3.8) is 0 Å². The molecule has 1 N–H and O–H groups in total. The second kappa shape index (κ2) is 8.42. The Kier molecular flexibility index (Phi) is 5.55. The molecule has 0 saturated carbocycles. The van der Waals surface area contributed by atoms with Gasteiger partial charge in [0.1, 0.15) is 0 Å². The van der Waals surface area contributed by atoms with Gasteiger partial charge in [0.05, 0.1) is 22.0 Å². The van der Waals surface area contributed by atoms with Crippen LogP contribution in [-0.4, -0.2) is 22.0 Å². The lowest BCUT2D eigenvalue weighted by molar-refractivity contribution is -0.116. The normalized spacial score (nSPS) is 16.2. The molecule has 3 aromatic rings. The zero-order valence-corrected chi connectivity index (χ0v) is 17.0. The van der Waals surface area contributed by atoms with E-state index in [-0.39, 0.29) is 11.8 Å². The monoisotopic (exact) mass is 420 g/mol. The first-order chi connectivity index (χ1) is 14.1. The fourth-order valence-corrected chi connectivity index (χ4v) is 4.35. The summed E-state index contributed by atoms with van der Waals surface area (Å²) in [5.74, 6) is -0.347. The van der Waals surface area contributed by atoms with E-state index in [0.717, 1.165) is 11.4 Å². The first kappa shape index (κ1) is 19.1. The van der Waals surface area contributed by atoms with Crippen molar-refractivity contribution in [2.24, 2.45) is 4.99 Å². The van der Waals surface area contributed by atoms with Crippen LogP contribution in [0.25, 0.3) is 6.08 Å². The van der Waals surface area contributed by atoms with Crippen LogP contribution in [0, 0.1) is 0 Å². The molecule has 1 saturated heterocycles. The molecule has 2 aromatic carbocycles. The zero-order chi connectivity index (χ0) is 20.2. The number of anilines is 2. The van der Waals surface area contributed by atoms with Gasteiger partial charge in [-0.3, -0.25) is 14.5 Å². The smallest absolute Gasteiger partial charge is 0.264 e. The van der Waals surface area contributed by atoms with E-state index < -0.39 is 0 Å². The number of benzene rings is 2. The Balaban J connectivity index is 1.57. The molecular formula is C21H16N4O2S2. The molecule has 0 spiro atoms. The molecule has 6 nitrogen and oxygen atoms in total. The molecule has 0 radical (unpaired) electrons. The number of amides is 2. The highest BCUT2D eigenvalue weighted by Gasteiger charge is 2.24. The molecular weight excluding hydrogens is 404 g/mol. The van der Waals surface area contributed by atoms with Gasteiger partial charge in [-0.15, -0.1) is 11.3 Å². The summed E-state index contributed by atoms with van der Waals surface area (Å²) in [5.41, 5.74) is 2.14. The summed E-state index contributed by atoms with van der Waals surface area (Å²) in [6.45, 7) is 1.50. The Bertz CT molecular complexity index is 1110. The van der Waals surface area contributed by atoms with Crippen molar-refractivity contribution in [1.29, 1.82) is 0 Å². The summed E-state index contributed by atoms with van der Waals surface area (Å²) in [4.78, 5) is 35.5. The maximum atomic E-state index is 12.3. The van der Waals surface area contributed by atoms with E-state index in [1.807, 2.05) is 66.0 Å². The summed E-state index contributed by atoms with van der Waals surface area (Å²) < 4.78 is 0. The van der Waals surface area contributed by atoms with Crippen LogP contribution in [0.3, 0.4) is 0 Å². The Hall–Kier alpha value is -3.23. The largest absolute Gasteiger partial charge is 0.300 e. The minimum atomic E-state index is -0.217. The molecule has 29 heavy (non-hydrogen) atoms. The molecule has 144 valence electrons. The molecule has 0 aliphatic carbocycles. The molecule has 2 heterocycles. The third-order valence-electron chi connectivity index (χ3n) is 3.95. The van der Waals surface area contributed by atoms with E-state index in [0.29, 0.717) is 20.9 Å². The lowest BCUT2D eigenvalue weighted by atomic mass is 10.3. The highest BCUT2D eigenvalue weighted by molar-refractivity contribution is 8.18. The van der Waals surface area contributed by atoms with E-state index in [4.69, 9.17) is 0 Å². The quantitative estimate of drug-likeness (QED) is 0.620.